The Morgan fingerprint density at radius 1 is 0.947 bits per heavy atom. The third kappa shape index (κ3) is 3.81. The van der Waals surface area contributed by atoms with E-state index >= 15 is 0 Å². The fourth-order valence-electron chi connectivity index (χ4n) is 1.34. The van der Waals surface area contributed by atoms with E-state index in [9.17, 15) is 0 Å². The molecule has 1 unspecified atom stereocenters. The highest BCUT2D eigenvalue weighted by atomic mass is 35.8. The Labute approximate surface area is 127 Å². The molecule has 0 aromatic heterocycles. The summed E-state index contributed by atoms with van der Waals surface area (Å²) in [6, 6.07) is -3.74. The zero-order valence-electron chi connectivity index (χ0n) is 10.5. The maximum Gasteiger partial charge on any atom is 0.444 e. The molecule has 9 heteroatoms. The molecule has 0 saturated heterocycles. The molecule has 0 rings (SSSR count). The molecule has 0 aliphatic rings. The smallest absolute Gasteiger partial charge is 0.444 e. The van der Waals surface area contributed by atoms with E-state index in [4.69, 9.17) is 52.3 Å². The summed E-state index contributed by atoms with van der Waals surface area (Å²) in [6.07, 6.45) is 3.13. The average Bonchev–Trinajstić information content (AvgIpc) is 2.27. The minimum atomic E-state index is -3.74. The van der Waals surface area contributed by atoms with Gasteiger partial charge in [0.05, 0.1) is 25.9 Å². The topological polar surface area (TPSA) is 46.2 Å². The van der Waals surface area contributed by atoms with Gasteiger partial charge in [-0.15, -0.1) is 33.2 Å². The van der Waals surface area contributed by atoms with Crippen molar-refractivity contribution in [2.24, 2.45) is 0 Å². The lowest BCUT2D eigenvalue weighted by Gasteiger charge is -2.45. The minimum absolute atomic E-state index is 1.03. The lowest BCUT2D eigenvalue weighted by Crippen LogP contribution is -2.66. The molecule has 5 nitrogen and oxygen atoms in total. The van der Waals surface area contributed by atoms with Crippen LogP contribution in [0.2, 0.25) is 0 Å². The van der Waals surface area contributed by atoms with Crippen LogP contribution in [0.5, 0.6) is 0 Å². The van der Waals surface area contributed by atoms with Crippen LogP contribution in [0.4, 0.5) is 0 Å². The highest BCUT2D eigenvalue weighted by Crippen LogP contribution is 2.46. The van der Waals surface area contributed by atoms with Crippen molar-refractivity contribution in [1.29, 1.82) is 0 Å². The highest BCUT2D eigenvalue weighted by Gasteiger charge is 2.71. The van der Waals surface area contributed by atoms with Gasteiger partial charge in [0.2, 0.25) is 0 Å². The van der Waals surface area contributed by atoms with E-state index in [2.05, 4.69) is 24.6 Å². The quantitative estimate of drug-likeness (QED) is 0.150. The van der Waals surface area contributed by atoms with Crippen LogP contribution in [0.3, 0.4) is 0 Å². The Balaban J connectivity index is 5.92. The normalized spacial score (nSPS) is 15.0. The first-order chi connectivity index (χ1) is 8.74. The molecule has 110 valence electrons. The van der Waals surface area contributed by atoms with Gasteiger partial charge in [-0.05, 0) is 0 Å². The van der Waals surface area contributed by atoms with E-state index < -0.39 is 17.2 Å². The molecular formula is C10H15Cl3O5Si. The second kappa shape index (κ2) is 7.42. The number of hydrogen-bond acceptors (Lipinski definition) is 5. The number of hydrogen-bond donors (Lipinski definition) is 0. The van der Waals surface area contributed by atoms with E-state index in [1.54, 1.807) is 0 Å². The molecule has 0 heterocycles. The fourth-order valence-corrected chi connectivity index (χ4v) is 4.73. The van der Waals surface area contributed by atoms with Crippen LogP contribution >= 0.6 is 33.2 Å². The summed E-state index contributed by atoms with van der Waals surface area (Å²) in [4.78, 5) is 9.61. The van der Waals surface area contributed by atoms with Crippen molar-refractivity contribution >= 4 is 39.2 Å². The fraction of sp³-hybridized carbons (Fsp3) is 0.400. The standard InChI is InChI=1S/C10H15Cl3O5Si/c1-6-15-9(4,18-14-5)10(16-7-2,17-8-3)19(11,12)13/h6-8H,1-3H2,4-5H3. The molecule has 0 saturated carbocycles. The second-order valence-electron chi connectivity index (χ2n) is 3.16. The van der Waals surface area contributed by atoms with Crippen molar-refractivity contribution in [3.8, 4) is 0 Å². The van der Waals surface area contributed by atoms with Crippen LogP contribution in [-0.2, 0) is 24.0 Å². The summed E-state index contributed by atoms with van der Waals surface area (Å²) in [5.41, 5.74) is -1.95. The number of ether oxygens (including phenoxy) is 3. The molecule has 0 N–H and O–H groups in total. The largest absolute Gasteiger partial charge is 0.461 e. The van der Waals surface area contributed by atoms with Crippen molar-refractivity contribution in [1.82, 2.24) is 0 Å². The van der Waals surface area contributed by atoms with E-state index in [-0.39, 0.29) is 0 Å². The highest BCUT2D eigenvalue weighted by molar-refractivity contribution is 7.65. The molecule has 19 heavy (non-hydrogen) atoms. The van der Waals surface area contributed by atoms with Crippen LogP contribution in [0.1, 0.15) is 6.92 Å². The van der Waals surface area contributed by atoms with Crippen LogP contribution in [0, 0.1) is 0 Å². The van der Waals surface area contributed by atoms with Crippen LogP contribution in [-0.4, -0.2) is 24.3 Å². The van der Waals surface area contributed by atoms with E-state index in [0.29, 0.717) is 0 Å². The molecule has 0 aliphatic heterocycles. The van der Waals surface area contributed by atoms with Crippen molar-refractivity contribution in [3.05, 3.63) is 38.5 Å². The molecule has 0 spiro atoms. The van der Waals surface area contributed by atoms with E-state index in [0.717, 1.165) is 18.8 Å². The molecule has 0 aliphatic carbocycles. The molecule has 0 aromatic rings. The maximum absolute atomic E-state index is 6.04. The zero-order chi connectivity index (χ0) is 15.2. The van der Waals surface area contributed by atoms with Gasteiger partial charge in [-0.25, -0.2) is 4.89 Å². The summed E-state index contributed by atoms with van der Waals surface area (Å²) < 4.78 is 15.7. The predicted molar refractivity (Wildman–Crippen MR) is 76.4 cm³/mol. The van der Waals surface area contributed by atoms with Crippen LogP contribution < -0.4 is 0 Å². The van der Waals surface area contributed by atoms with E-state index in [1.165, 1.54) is 14.0 Å². The first kappa shape index (κ1) is 18.6. The maximum atomic E-state index is 6.04. The summed E-state index contributed by atoms with van der Waals surface area (Å²) in [6.45, 7) is 11.6. The van der Waals surface area contributed by atoms with Gasteiger partial charge in [0, 0.05) is 6.92 Å². The second-order valence-corrected chi connectivity index (χ2v) is 11.7. The summed E-state index contributed by atoms with van der Waals surface area (Å²) in [5, 5.41) is 0. The lowest BCUT2D eigenvalue weighted by molar-refractivity contribution is -0.454. The summed E-state index contributed by atoms with van der Waals surface area (Å²) in [7, 11) is 1.25. The van der Waals surface area contributed by atoms with Gasteiger partial charge in [-0.3, -0.25) is 0 Å². The molecule has 0 bridgehead atoms. The van der Waals surface area contributed by atoms with Gasteiger partial charge >= 0.3 is 17.2 Å². The minimum Gasteiger partial charge on any atom is -0.461 e. The van der Waals surface area contributed by atoms with Gasteiger partial charge in [0.15, 0.2) is 0 Å². The molecule has 0 radical (unpaired) electrons. The van der Waals surface area contributed by atoms with Crippen LogP contribution in [0.25, 0.3) is 0 Å². The molecule has 0 amide bonds. The first-order valence-corrected chi connectivity index (χ1v) is 9.93. The summed E-state index contributed by atoms with van der Waals surface area (Å²) in [5.74, 6) is -1.76. The zero-order valence-corrected chi connectivity index (χ0v) is 13.8. The Hall–Kier alpha value is -0.373. The Morgan fingerprint density at radius 2 is 1.37 bits per heavy atom. The summed E-state index contributed by atoms with van der Waals surface area (Å²) >= 11 is 18.1. The van der Waals surface area contributed by atoms with Crippen molar-refractivity contribution in [2.45, 2.75) is 18.1 Å². The van der Waals surface area contributed by atoms with Gasteiger partial charge in [-0.2, -0.15) is 4.89 Å². The molecule has 1 atom stereocenters. The van der Waals surface area contributed by atoms with Gasteiger partial charge < -0.3 is 14.2 Å². The first-order valence-electron chi connectivity index (χ1n) is 4.89. The molecule has 0 aromatic carbocycles. The van der Waals surface area contributed by atoms with Gasteiger partial charge in [0.1, 0.15) is 0 Å². The van der Waals surface area contributed by atoms with Gasteiger partial charge in [0.25, 0.3) is 0 Å². The van der Waals surface area contributed by atoms with Crippen molar-refractivity contribution in [2.75, 3.05) is 7.11 Å². The average molecular weight is 350 g/mol. The van der Waals surface area contributed by atoms with E-state index in [1.807, 2.05) is 0 Å². The monoisotopic (exact) mass is 348 g/mol. The Kier molecular flexibility index (Phi) is 7.27. The molecular weight excluding hydrogens is 335 g/mol. The van der Waals surface area contributed by atoms with Crippen molar-refractivity contribution < 1.29 is 24.0 Å². The molecule has 0 fully saturated rings. The van der Waals surface area contributed by atoms with Crippen molar-refractivity contribution in [3.63, 3.8) is 0 Å². The SMILES string of the molecule is C=COC(C)(OOC)C(OC=C)(OC=C)[Si](Cl)(Cl)Cl. The van der Waals surface area contributed by atoms with Crippen LogP contribution in [0.15, 0.2) is 38.5 Å². The van der Waals surface area contributed by atoms with Gasteiger partial charge in [-0.1, -0.05) is 19.7 Å². The Morgan fingerprint density at radius 3 is 1.63 bits per heavy atom. The number of halogens is 3. The predicted octanol–water partition coefficient (Wildman–Crippen LogP) is 3.65. The third-order valence-electron chi connectivity index (χ3n) is 2.02. The lowest BCUT2D eigenvalue weighted by atomic mass is 10.3. The third-order valence-corrected chi connectivity index (χ3v) is 5.70. The Bertz CT molecular complexity index is 324. The number of rotatable bonds is 10.